The van der Waals surface area contributed by atoms with Crippen LogP contribution in [-0.2, 0) is 0 Å². The molecular weight excluding hydrogens is 334 g/mol. The van der Waals surface area contributed by atoms with Gasteiger partial charge in [-0.1, -0.05) is 6.92 Å². The summed E-state index contributed by atoms with van der Waals surface area (Å²) in [6.45, 7) is 5.99. The number of aromatic nitrogens is 2. The molecule has 0 radical (unpaired) electrons. The minimum absolute atomic E-state index is 0.148. The van der Waals surface area contributed by atoms with Crippen LogP contribution in [0.3, 0.4) is 0 Å². The molecule has 2 aromatic heterocycles. The van der Waals surface area contributed by atoms with Crippen LogP contribution >= 0.6 is 0 Å². The molecule has 138 valence electrons. The molecule has 1 aliphatic rings. The predicted octanol–water partition coefficient (Wildman–Crippen LogP) is 1.88. The molecule has 1 unspecified atom stereocenters. The third-order valence-corrected chi connectivity index (χ3v) is 4.48. The zero-order valence-corrected chi connectivity index (χ0v) is 15.0. The van der Waals surface area contributed by atoms with Crippen molar-refractivity contribution in [1.29, 1.82) is 0 Å². The van der Waals surface area contributed by atoms with Gasteiger partial charge in [0.25, 0.3) is 11.8 Å². The maximum Gasteiger partial charge on any atom is 0.289 e. The van der Waals surface area contributed by atoms with E-state index >= 15 is 0 Å². The summed E-state index contributed by atoms with van der Waals surface area (Å²) in [4.78, 5) is 36.7. The fourth-order valence-electron chi connectivity index (χ4n) is 2.74. The Morgan fingerprint density at radius 3 is 2.50 bits per heavy atom. The van der Waals surface area contributed by atoms with Crippen LogP contribution in [0.5, 0.6) is 0 Å². The molecule has 1 aliphatic heterocycles. The normalized spacial score (nSPS) is 15.6. The molecule has 0 saturated carbocycles. The van der Waals surface area contributed by atoms with E-state index in [0.717, 1.165) is 6.42 Å². The molecule has 0 aliphatic carbocycles. The number of anilines is 1. The molecule has 1 atom stereocenters. The number of piperazine rings is 1. The molecule has 0 aromatic carbocycles. The standard InChI is InChI=1S/C18H23N5O3/c1-3-13(2)21-16-11-14(19-12-20-16)17(24)22-6-8-23(9-7-22)18(25)15-5-4-10-26-15/h4-5,10-13H,3,6-9H2,1-2H3,(H,19,20,21). The molecule has 2 aromatic rings. The summed E-state index contributed by atoms with van der Waals surface area (Å²) in [7, 11) is 0. The third-order valence-electron chi connectivity index (χ3n) is 4.48. The number of carbonyl (C=O) groups excluding carboxylic acids is 2. The highest BCUT2D eigenvalue weighted by molar-refractivity contribution is 5.94. The molecule has 1 fully saturated rings. The van der Waals surface area contributed by atoms with Crippen molar-refractivity contribution >= 4 is 17.6 Å². The van der Waals surface area contributed by atoms with Crippen molar-refractivity contribution in [2.24, 2.45) is 0 Å². The van der Waals surface area contributed by atoms with Crippen molar-refractivity contribution in [2.75, 3.05) is 31.5 Å². The second-order valence-corrected chi connectivity index (χ2v) is 6.30. The molecule has 8 heteroatoms. The van der Waals surface area contributed by atoms with Crippen molar-refractivity contribution < 1.29 is 14.0 Å². The molecule has 0 spiro atoms. The van der Waals surface area contributed by atoms with Crippen molar-refractivity contribution in [1.82, 2.24) is 19.8 Å². The van der Waals surface area contributed by atoms with Crippen LogP contribution in [0.2, 0.25) is 0 Å². The van der Waals surface area contributed by atoms with Gasteiger partial charge in [0.15, 0.2) is 5.76 Å². The maximum absolute atomic E-state index is 12.7. The van der Waals surface area contributed by atoms with Crippen LogP contribution in [0, 0.1) is 0 Å². The average Bonchev–Trinajstić information content (AvgIpc) is 3.22. The van der Waals surface area contributed by atoms with Crippen LogP contribution in [0.4, 0.5) is 5.82 Å². The summed E-state index contributed by atoms with van der Waals surface area (Å²) >= 11 is 0. The molecule has 3 rings (SSSR count). The summed E-state index contributed by atoms with van der Waals surface area (Å²) in [5.74, 6) is 0.666. The quantitative estimate of drug-likeness (QED) is 0.878. The van der Waals surface area contributed by atoms with Gasteiger partial charge in [-0.15, -0.1) is 0 Å². The predicted molar refractivity (Wildman–Crippen MR) is 95.9 cm³/mol. The van der Waals surface area contributed by atoms with Gasteiger partial charge in [0, 0.05) is 38.3 Å². The highest BCUT2D eigenvalue weighted by Crippen LogP contribution is 2.13. The molecule has 1 N–H and O–H groups in total. The van der Waals surface area contributed by atoms with Gasteiger partial charge in [0.05, 0.1) is 6.26 Å². The number of hydrogen-bond acceptors (Lipinski definition) is 6. The van der Waals surface area contributed by atoms with Crippen LogP contribution in [0.1, 0.15) is 41.3 Å². The van der Waals surface area contributed by atoms with Crippen LogP contribution < -0.4 is 5.32 Å². The number of furan rings is 1. The SMILES string of the molecule is CCC(C)Nc1cc(C(=O)N2CCN(C(=O)c3ccco3)CC2)ncn1. The Morgan fingerprint density at radius 1 is 1.19 bits per heavy atom. The first-order valence-electron chi connectivity index (χ1n) is 8.79. The number of hydrogen-bond donors (Lipinski definition) is 1. The van der Waals surface area contributed by atoms with Crippen molar-refractivity contribution in [2.45, 2.75) is 26.3 Å². The van der Waals surface area contributed by atoms with E-state index in [0.29, 0.717) is 43.5 Å². The average molecular weight is 357 g/mol. The van der Waals surface area contributed by atoms with Gasteiger partial charge >= 0.3 is 0 Å². The minimum Gasteiger partial charge on any atom is -0.459 e. The number of carbonyl (C=O) groups is 2. The smallest absolute Gasteiger partial charge is 0.289 e. The van der Waals surface area contributed by atoms with E-state index in [2.05, 4.69) is 29.1 Å². The Morgan fingerprint density at radius 2 is 1.88 bits per heavy atom. The van der Waals surface area contributed by atoms with Gasteiger partial charge in [-0.2, -0.15) is 0 Å². The van der Waals surface area contributed by atoms with Crippen molar-refractivity contribution in [3.63, 3.8) is 0 Å². The van der Waals surface area contributed by atoms with Crippen molar-refractivity contribution in [3.05, 3.63) is 42.2 Å². The van der Waals surface area contributed by atoms with E-state index in [1.807, 2.05) is 0 Å². The largest absolute Gasteiger partial charge is 0.459 e. The van der Waals surface area contributed by atoms with Crippen LogP contribution in [-0.4, -0.2) is 63.8 Å². The molecule has 3 heterocycles. The highest BCUT2D eigenvalue weighted by atomic mass is 16.3. The molecule has 2 amide bonds. The molecule has 26 heavy (non-hydrogen) atoms. The lowest BCUT2D eigenvalue weighted by Gasteiger charge is -2.34. The first-order valence-corrected chi connectivity index (χ1v) is 8.79. The van der Waals surface area contributed by atoms with Gasteiger partial charge < -0.3 is 19.5 Å². The van der Waals surface area contributed by atoms with E-state index in [1.54, 1.807) is 28.0 Å². The highest BCUT2D eigenvalue weighted by Gasteiger charge is 2.27. The second-order valence-electron chi connectivity index (χ2n) is 6.30. The van der Waals surface area contributed by atoms with E-state index in [4.69, 9.17) is 4.42 Å². The lowest BCUT2D eigenvalue weighted by Crippen LogP contribution is -2.50. The lowest BCUT2D eigenvalue weighted by atomic mass is 10.2. The number of amides is 2. The van der Waals surface area contributed by atoms with E-state index in [-0.39, 0.29) is 17.9 Å². The van der Waals surface area contributed by atoms with Gasteiger partial charge in [-0.3, -0.25) is 9.59 Å². The Balaban J connectivity index is 1.60. The number of nitrogens with zero attached hydrogens (tertiary/aromatic N) is 4. The third kappa shape index (κ3) is 4.01. The number of nitrogens with one attached hydrogen (secondary N) is 1. The van der Waals surface area contributed by atoms with E-state index in [9.17, 15) is 9.59 Å². The van der Waals surface area contributed by atoms with Crippen molar-refractivity contribution in [3.8, 4) is 0 Å². The van der Waals surface area contributed by atoms with E-state index in [1.165, 1.54) is 12.6 Å². The molecular formula is C18H23N5O3. The zero-order valence-electron chi connectivity index (χ0n) is 15.0. The van der Waals surface area contributed by atoms with Gasteiger partial charge in [0.2, 0.25) is 0 Å². The summed E-state index contributed by atoms with van der Waals surface area (Å²) < 4.78 is 5.15. The van der Waals surface area contributed by atoms with Gasteiger partial charge in [0.1, 0.15) is 17.8 Å². The summed E-state index contributed by atoms with van der Waals surface area (Å²) in [6, 6.07) is 5.28. The molecule has 8 nitrogen and oxygen atoms in total. The topological polar surface area (TPSA) is 91.6 Å². The first kappa shape index (κ1) is 17.9. The Bertz CT molecular complexity index is 754. The van der Waals surface area contributed by atoms with E-state index < -0.39 is 0 Å². The number of rotatable bonds is 5. The molecule has 1 saturated heterocycles. The van der Waals surface area contributed by atoms with Crippen LogP contribution in [0.25, 0.3) is 0 Å². The monoisotopic (exact) mass is 357 g/mol. The maximum atomic E-state index is 12.7. The Labute approximate surface area is 152 Å². The summed E-state index contributed by atoms with van der Waals surface area (Å²) in [6.07, 6.45) is 3.83. The van der Waals surface area contributed by atoms with Crippen LogP contribution in [0.15, 0.2) is 35.2 Å². The lowest BCUT2D eigenvalue weighted by molar-refractivity contribution is 0.0515. The summed E-state index contributed by atoms with van der Waals surface area (Å²) in [5, 5.41) is 3.24. The minimum atomic E-state index is -0.149. The van der Waals surface area contributed by atoms with Gasteiger partial charge in [-0.05, 0) is 25.5 Å². The fourth-order valence-corrected chi connectivity index (χ4v) is 2.74. The second kappa shape index (κ2) is 7.99. The fraction of sp³-hybridized carbons (Fsp3) is 0.444. The molecule has 0 bridgehead atoms. The summed E-state index contributed by atoms with van der Waals surface area (Å²) in [5.41, 5.74) is 0.358. The Kier molecular flexibility index (Phi) is 5.50. The first-order chi connectivity index (χ1) is 12.6. The Hall–Kier alpha value is -2.90. The zero-order chi connectivity index (χ0) is 18.5. The van der Waals surface area contributed by atoms with Gasteiger partial charge in [-0.25, -0.2) is 9.97 Å².